The fraction of sp³-hybridized carbons (Fsp3) is 0.360. The molecule has 0 saturated carbocycles. The first-order chi connectivity index (χ1) is 16.1. The van der Waals surface area contributed by atoms with E-state index in [2.05, 4.69) is 14.9 Å². The Morgan fingerprint density at radius 3 is 2.39 bits per heavy atom. The van der Waals surface area contributed by atoms with Crippen molar-refractivity contribution < 1.29 is 9.59 Å². The predicted molar refractivity (Wildman–Crippen MR) is 126 cm³/mol. The van der Waals surface area contributed by atoms with E-state index in [0.717, 1.165) is 42.5 Å². The summed E-state index contributed by atoms with van der Waals surface area (Å²) in [5.41, 5.74) is 8.70. The van der Waals surface area contributed by atoms with Crippen molar-refractivity contribution in [2.75, 3.05) is 38.5 Å². The van der Waals surface area contributed by atoms with Crippen molar-refractivity contribution >= 4 is 28.5 Å². The summed E-state index contributed by atoms with van der Waals surface area (Å²) >= 11 is 0. The average Bonchev–Trinajstić information content (AvgIpc) is 3.24. The van der Waals surface area contributed by atoms with Gasteiger partial charge in [0.1, 0.15) is 11.6 Å². The Labute approximate surface area is 193 Å². The second kappa shape index (κ2) is 9.15. The van der Waals surface area contributed by atoms with Crippen LogP contribution in [0.4, 0.5) is 5.82 Å². The number of carbonyl (C=O) groups excluding carboxylic acids is 2. The SMILES string of the molecule is Nc1nc(CN2CCN(C(=O)c3ccc(CN4CCCC4=O)cc3)CC2)nc2ccccc12. The van der Waals surface area contributed by atoms with Crippen LogP contribution in [-0.4, -0.2) is 69.2 Å². The summed E-state index contributed by atoms with van der Waals surface area (Å²) in [7, 11) is 0. The minimum atomic E-state index is 0.0460. The van der Waals surface area contributed by atoms with Gasteiger partial charge in [-0.05, 0) is 36.2 Å². The van der Waals surface area contributed by atoms with Gasteiger partial charge in [0.2, 0.25) is 5.91 Å². The van der Waals surface area contributed by atoms with E-state index >= 15 is 0 Å². The number of benzene rings is 2. The zero-order valence-electron chi connectivity index (χ0n) is 18.6. The van der Waals surface area contributed by atoms with Crippen LogP contribution in [0.3, 0.4) is 0 Å². The molecule has 0 unspecified atom stereocenters. The topological polar surface area (TPSA) is 95.7 Å². The number of rotatable bonds is 5. The van der Waals surface area contributed by atoms with E-state index in [-0.39, 0.29) is 11.8 Å². The number of nitrogen functional groups attached to an aromatic ring is 1. The van der Waals surface area contributed by atoms with Crippen LogP contribution in [-0.2, 0) is 17.9 Å². The molecule has 2 saturated heterocycles. The minimum absolute atomic E-state index is 0.0460. The quantitative estimate of drug-likeness (QED) is 0.649. The van der Waals surface area contributed by atoms with Gasteiger partial charge in [-0.3, -0.25) is 14.5 Å². The molecule has 0 aliphatic carbocycles. The Kier molecular flexibility index (Phi) is 5.92. The lowest BCUT2D eigenvalue weighted by molar-refractivity contribution is -0.128. The number of nitrogens with two attached hydrogens (primary N) is 1. The first-order valence-electron chi connectivity index (χ1n) is 11.5. The third-order valence-electron chi connectivity index (χ3n) is 6.45. The second-order valence-electron chi connectivity index (χ2n) is 8.73. The highest BCUT2D eigenvalue weighted by Crippen LogP contribution is 2.19. The van der Waals surface area contributed by atoms with Crippen molar-refractivity contribution in [3.05, 3.63) is 65.5 Å². The van der Waals surface area contributed by atoms with Crippen LogP contribution in [0.1, 0.15) is 34.6 Å². The Bertz CT molecular complexity index is 1170. The Morgan fingerprint density at radius 1 is 0.909 bits per heavy atom. The van der Waals surface area contributed by atoms with E-state index < -0.39 is 0 Å². The number of para-hydroxylation sites is 1. The van der Waals surface area contributed by atoms with Crippen LogP contribution in [0.5, 0.6) is 0 Å². The van der Waals surface area contributed by atoms with Gasteiger partial charge in [-0.25, -0.2) is 9.97 Å². The van der Waals surface area contributed by atoms with Crippen LogP contribution in [0.15, 0.2) is 48.5 Å². The van der Waals surface area contributed by atoms with Gasteiger partial charge in [0.25, 0.3) is 5.91 Å². The van der Waals surface area contributed by atoms with Crippen LogP contribution in [0.2, 0.25) is 0 Å². The van der Waals surface area contributed by atoms with Crippen LogP contribution < -0.4 is 5.73 Å². The summed E-state index contributed by atoms with van der Waals surface area (Å²) in [6.07, 6.45) is 1.57. The van der Waals surface area contributed by atoms with E-state index in [1.807, 2.05) is 58.3 Å². The van der Waals surface area contributed by atoms with E-state index in [0.29, 0.717) is 49.8 Å². The Hall–Kier alpha value is -3.52. The molecule has 1 aromatic heterocycles. The molecule has 0 spiro atoms. The summed E-state index contributed by atoms with van der Waals surface area (Å²) < 4.78 is 0. The molecule has 0 atom stereocenters. The molecule has 2 N–H and O–H groups in total. The lowest BCUT2D eigenvalue weighted by Gasteiger charge is -2.34. The molecule has 33 heavy (non-hydrogen) atoms. The highest BCUT2D eigenvalue weighted by atomic mass is 16.2. The molecule has 2 aromatic carbocycles. The molecule has 3 aromatic rings. The molecular formula is C25H28N6O2. The number of fused-ring (bicyclic) bond motifs is 1. The summed E-state index contributed by atoms with van der Waals surface area (Å²) in [6.45, 7) is 4.89. The van der Waals surface area contributed by atoms with Gasteiger partial charge < -0.3 is 15.5 Å². The monoisotopic (exact) mass is 444 g/mol. The maximum Gasteiger partial charge on any atom is 0.253 e. The number of carbonyl (C=O) groups is 2. The lowest BCUT2D eigenvalue weighted by Crippen LogP contribution is -2.48. The van der Waals surface area contributed by atoms with Crippen molar-refractivity contribution in [2.24, 2.45) is 0 Å². The molecule has 2 aliphatic rings. The number of hydrogen-bond donors (Lipinski definition) is 1. The number of amides is 2. The Balaban J connectivity index is 1.16. The number of hydrogen-bond acceptors (Lipinski definition) is 6. The summed E-state index contributed by atoms with van der Waals surface area (Å²) in [4.78, 5) is 39.9. The normalized spacial score (nSPS) is 17.2. The number of nitrogens with zero attached hydrogens (tertiary/aromatic N) is 5. The van der Waals surface area contributed by atoms with Crippen molar-refractivity contribution in [1.29, 1.82) is 0 Å². The molecule has 0 bridgehead atoms. The van der Waals surface area contributed by atoms with Crippen molar-refractivity contribution in [1.82, 2.24) is 24.7 Å². The van der Waals surface area contributed by atoms with Gasteiger partial charge in [0, 0.05) is 56.6 Å². The predicted octanol–water partition coefficient (Wildman–Crippen LogP) is 2.29. The average molecular weight is 445 g/mol. The lowest BCUT2D eigenvalue weighted by atomic mass is 10.1. The maximum atomic E-state index is 13.0. The van der Waals surface area contributed by atoms with Gasteiger partial charge >= 0.3 is 0 Å². The Morgan fingerprint density at radius 2 is 1.67 bits per heavy atom. The standard InChI is InChI=1S/C25H28N6O2/c26-24-20-4-1-2-5-21(20)27-22(28-24)17-29-12-14-30(15-13-29)25(33)19-9-7-18(8-10-19)16-31-11-3-6-23(31)32/h1-2,4-5,7-10H,3,6,11-17H2,(H2,26,27,28). The zero-order chi connectivity index (χ0) is 22.8. The molecule has 2 aliphatic heterocycles. The highest BCUT2D eigenvalue weighted by Gasteiger charge is 2.24. The van der Waals surface area contributed by atoms with Gasteiger partial charge in [0.05, 0.1) is 12.1 Å². The van der Waals surface area contributed by atoms with E-state index in [1.54, 1.807) is 0 Å². The number of piperazine rings is 1. The fourth-order valence-electron chi connectivity index (χ4n) is 4.56. The van der Waals surface area contributed by atoms with Gasteiger partial charge in [-0.1, -0.05) is 24.3 Å². The van der Waals surface area contributed by atoms with Crippen LogP contribution in [0, 0.1) is 0 Å². The molecule has 2 fully saturated rings. The number of likely N-dealkylation sites (tertiary alicyclic amines) is 1. The van der Waals surface area contributed by atoms with E-state index in [1.165, 1.54) is 0 Å². The summed E-state index contributed by atoms with van der Waals surface area (Å²) in [6, 6.07) is 15.4. The molecule has 8 nitrogen and oxygen atoms in total. The third kappa shape index (κ3) is 4.66. The van der Waals surface area contributed by atoms with Crippen LogP contribution in [0.25, 0.3) is 10.9 Å². The first-order valence-corrected chi connectivity index (χ1v) is 11.5. The molecule has 3 heterocycles. The minimum Gasteiger partial charge on any atom is -0.383 e. The van der Waals surface area contributed by atoms with Crippen molar-refractivity contribution in [3.8, 4) is 0 Å². The molecule has 170 valence electrons. The van der Waals surface area contributed by atoms with Crippen molar-refractivity contribution in [2.45, 2.75) is 25.9 Å². The van der Waals surface area contributed by atoms with E-state index in [4.69, 9.17) is 5.73 Å². The molecule has 8 heteroatoms. The maximum absolute atomic E-state index is 13.0. The molecule has 5 rings (SSSR count). The summed E-state index contributed by atoms with van der Waals surface area (Å²) in [5.74, 6) is 1.47. The smallest absolute Gasteiger partial charge is 0.253 e. The number of anilines is 1. The molecule has 0 radical (unpaired) electrons. The van der Waals surface area contributed by atoms with Gasteiger partial charge in [0.15, 0.2) is 0 Å². The summed E-state index contributed by atoms with van der Waals surface area (Å²) in [5, 5.41) is 0.870. The molecular weight excluding hydrogens is 416 g/mol. The molecule has 2 amide bonds. The van der Waals surface area contributed by atoms with Gasteiger partial charge in [-0.15, -0.1) is 0 Å². The number of aromatic nitrogens is 2. The van der Waals surface area contributed by atoms with Crippen molar-refractivity contribution in [3.63, 3.8) is 0 Å². The van der Waals surface area contributed by atoms with Gasteiger partial charge in [-0.2, -0.15) is 0 Å². The largest absolute Gasteiger partial charge is 0.383 e. The zero-order valence-corrected chi connectivity index (χ0v) is 18.6. The third-order valence-corrected chi connectivity index (χ3v) is 6.45. The highest BCUT2D eigenvalue weighted by molar-refractivity contribution is 5.94. The fourth-order valence-corrected chi connectivity index (χ4v) is 4.56. The van der Waals surface area contributed by atoms with E-state index in [9.17, 15) is 9.59 Å². The second-order valence-corrected chi connectivity index (χ2v) is 8.73. The first kappa shape index (κ1) is 21.3. The van der Waals surface area contributed by atoms with Crippen LogP contribution >= 0.6 is 0 Å².